The van der Waals surface area contributed by atoms with E-state index in [1.807, 2.05) is 27.8 Å². The first-order chi connectivity index (χ1) is 11.2. The molecule has 1 aliphatic rings. The standard InChI is InChI=1S/C18H23N3O2/c22-17-6-3-4-15(12-17)7-8-16-5-1-2-10-21(16)18(23)13-20-11-9-19-14-20/h3-4,6,9,11-12,14,16,22H,1-2,5,7-8,10,13H2. The number of phenols is 1. The quantitative estimate of drug-likeness (QED) is 0.923. The first-order valence-corrected chi connectivity index (χ1v) is 8.25. The zero-order valence-electron chi connectivity index (χ0n) is 13.3. The van der Waals surface area contributed by atoms with E-state index in [-0.39, 0.29) is 5.91 Å². The van der Waals surface area contributed by atoms with E-state index in [9.17, 15) is 9.90 Å². The van der Waals surface area contributed by atoms with Crippen LogP contribution in [-0.4, -0.2) is 38.1 Å². The molecule has 1 aromatic carbocycles. The van der Waals surface area contributed by atoms with E-state index in [4.69, 9.17) is 0 Å². The molecule has 1 aromatic heterocycles. The Hall–Kier alpha value is -2.30. The SMILES string of the molecule is O=C(Cn1ccnc1)N1CCCCC1CCc1cccc(O)c1. The van der Waals surface area contributed by atoms with Crippen molar-refractivity contribution >= 4 is 5.91 Å². The van der Waals surface area contributed by atoms with Crippen molar-refractivity contribution in [3.05, 3.63) is 48.5 Å². The minimum absolute atomic E-state index is 0.170. The van der Waals surface area contributed by atoms with Crippen LogP contribution in [0.25, 0.3) is 0 Å². The number of imidazole rings is 1. The summed E-state index contributed by atoms with van der Waals surface area (Å²) in [5, 5.41) is 9.56. The maximum atomic E-state index is 12.6. The fraction of sp³-hybridized carbons (Fsp3) is 0.444. The lowest BCUT2D eigenvalue weighted by atomic mass is 9.95. The molecule has 5 nitrogen and oxygen atoms in total. The smallest absolute Gasteiger partial charge is 0.242 e. The van der Waals surface area contributed by atoms with Crippen LogP contribution in [0.3, 0.4) is 0 Å². The predicted octanol–water partition coefficient (Wildman–Crippen LogP) is 2.60. The van der Waals surface area contributed by atoms with Gasteiger partial charge in [0.15, 0.2) is 0 Å². The van der Waals surface area contributed by atoms with Crippen LogP contribution in [0, 0.1) is 0 Å². The lowest BCUT2D eigenvalue weighted by Gasteiger charge is -2.36. The highest BCUT2D eigenvalue weighted by Gasteiger charge is 2.26. The summed E-state index contributed by atoms with van der Waals surface area (Å²) in [6.07, 6.45) is 10.4. The number of aryl methyl sites for hydroxylation is 1. The highest BCUT2D eigenvalue weighted by Crippen LogP contribution is 2.22. The number of carbonyl (C=O) groups is 1. The fourth-order valence-electron chi connectivity index (χ4n) is 3.30. The van der Waals surface area contributed by atoms with Gasteiger partial charge in [-0.05, 0) is 49.8 Å². The van der Waals surface area contributed by atoms with Gasteiger partial charge in [0.2, 0.25) is 5.91 Å². The van der Waals surface area contributed by atoms with Crippen molar-refractivity contribution in [1.82, 2.24) is 14.5 Å². The van der Waals surface area contributed by atoms with Crippen LogP contribution in [0.1, 0.15) is 31.2 Å². The molecule has 1 fully saturated rings. The Kier molecular flexibility index (Phi) is 4.95. The van der Waals surface area contributed by atoms with Gasteiger partial charge in [0.25, 0.3) is 0 Å². The number of rotatable bonds is 5. The molecule has 0 aliphatic carbocycles. The number of nitrogens with zero attached hydrogens (tertiary/aromatic N) is 3. The van der Waals surface area contributed by atoms with Crippen molar-refractivity contribution in [2.45, 2.75) is 44.7 Å². The van der Waals surface area contributed by atoms with Crippen molar-refractivity contribution in [3.63, 3.8) is 0 Å². The van der Waals surface area contributed by atoms with Crippen molar-refractivity contribution in [3.8, 4) is 5.75 Å². The molecular weight excluding hydrogens is 290 g/mol. The number of benzene rings is 1. The fourth-order valence-corrected chi connectivity index (χ4v) is 3.30. The van der Waals surface area contributed by atoms with E-state index >= 15 is 0 Å². The normalized spacial score (nSPS) is 18.1. The van der Waals surface area contributed by atoms with Crippen molar-refractivity contribution in [2.75, 3.05) is 6.54 Å². The van der Waals surface area contributed by atoms with Gasteiger partial charge < -0.3 is 14.6 Å². The Morgan fingerprint density at radius 3 is 3.04 bits per heavy atom. The first kappa shape index (κ1) is 15.6. The lowest BCUT2D eigenvalue weighted by Crippen LogP contribution is -2.45. The number of carbonyl (C=O) groups excluding carboxylic acids is 1. The van der Waals surface area contributed by atoms with Crippen LogP contribution < -0.4 is 0 Å². The van der Waals surface area contributed by atoms with E-state index in [0.29, 0.717) is 18.3 Å². The lowest BCUT2D eigenvalue weighted by molar-refractivity contribution is -0.135. The van der Waals surface area contributed by atoms with Crippen LogP contribution in [0.5, 0.6) is 5.75 Å². The van der Waals surface area contributed by atoms with Gasteiger partial charge in [-0.1, -0.05) is 12.1 Å². The van der Waals surface area contributed by atoms with Gasteiger partial charge in [-0.2, -0.15) is 0 Å². The summed E-state index contributed by atoms with van der Waals surface area (Å²) in [7, 11) is 0. The zero-order chi connectivity index (χ0) is 16.1. The van der Waals surface area contributed by atoms with Gasteiger partial charge in [-0.3, -0.25) is 4.79 Å². The van der Waals surface area contributed by atoms with Gasteiger partial charge >= 0.3 is 0 Å². The van der Waals surface area contributed by atoms with Gasteiger partial charge in [0.1, 0.15) is 12.3 Å². The highest BCUT2D eigenvalue weighted by atomic mass is 16.3. The Labute approximate surface area is 136 Å². The number of aromatic hydroxyl groups is 1. The molecule has 1 amide bonds. The Balaban J connectivity index is 1.60. The van der Waals surface area contributed by atoms with Gasteiger partial charge in [-0.25, -0.2) is 4.98 Å². The molecule has 0 saturated carbocycles. The van der Waals surface area contributed by atoms with Gasteiger partial charge in [0.05, 0.1) is 6.33 Å². The third kappa shape index (κ3) is 4.12. The van der Waals surface area contributed by atoms with Gasteiger partial charge in [-0.15, -0.1) is 0 Å². The molecule has 1 unspecified atom stereocenters. The van der Waals surface area contributed by atoms with Crippen LogP contribution >= 0.6 is 0 Å². The number of amides is 1. The third-order valence-corrected chi connectivity index (χ3v) is 4.50. The van der Waals surface area contributed by atoms with Crippen LogP contribution in [0.15, 0.2) is 43.0 Å². The molecule has 122 valence electrons. The average molecular weight is 313 g/mol. The molecule has 1 atom stereocenters. The number of aromatic nitrogens is 2. The Morgan fingerprint density at radius 2 is 2.26 bits per heavy atom. The number of hydrogen-bond donors (Lipinski definition) is 1. The summed E-state index contributed by atoms with van der Waals surface area (Å²) in [6, 6.07) is 7.68. The average Bonchev–Trinajstić information content (AvgIpc) is 3.06. The Morgan fingerprint density at radius 1 is 1.35 bits per heavy atom. The van der Waals surface area contributed by atoms with E-state index in [0.717, 1.165) is 37.8 Å². The molecule has 3 rings (SSSR count). The summed E-state index contributed by atoms with van der Waals surface area (Å²) in [4.78, 5) is 18.6. The number of likely N-dealkylation sites (tertiary alicyclic amines) is 1. The molecule has 1 saturated heterocycles. The summed E-state index contributed by atoms with van der Waals surface area (Å²) in [5.41, 5.74) is 1.12. The maximum absolute atomic E-state index is 12.6. The largest absolute Gasteiger partial charge is 0.508 e. The van der Waals surface area contributed by atoms with E-state index in [1.165, 1.54) is 6.42 Å². The number of piperidine rings is 1. The molecule has 1 N–H and O–H groups in total. The number of phenolic OH excluding ortho intramolecular Hbond substituents is 1. The monoisotopic (exact) mass is 313 g/mol. The first-order valence-electron chi connectivity index (χ1n) is 8.25. The minimum atomic E-state index is 0.170. The molecular formula is C18H23N3O2. The van der Waals surface area contributed by atoms with Crippen LogP contribution in [-0.2, 0) is 17.8 Å². The summed E-state index contributed by atoms with van der Waals surface area (Å²) in [6.45, 7) is 1.21. The molecule has 2 aromatic rings. The molecule has 5 heteroatoms. The second-order valence-electron chi connectivity index (χ2n) is 6.18. The molecule has 0 spiro atoms. The van der Waals surface area contributed by atoms with Gasteiger partial charge in [0, 0.05) is 25.0 Å². The summed E-state index contributed by atoms with van der Waals surface area (Å²) in [5.74, 6) is 0.475. The Bertz CT molecular complexity index is 639. The second-order valence-corrected chi connectivity index (χ2v) is 6.18. The van der Waals surface area contributed by atoms with Crippen molar-refractivity contribution in [2.24, 2.45) is 0 Å². The maximum Gasteiger partial charge on any atom is 0.242 e. The molecule has 23 heavy (non-hydrogen) atoms. The van der Waals surface area contributed by atoms with E-state index < -0.39 is 0 Å². The molecule has 0 bridgehead atoms. The van der Waals surface area contributed by atoms with Crippen molar-refractivity contribution < 1.29 is 9.90 Å². The highest BCUT2D eigenvalue weighted by molar-refractivity contribution is 5.76. The topological polar surface area (TPSA) is 58.4 Å². The summed E-state index contributed by atoms with van der Waals surface area (Å²) >= 11 is 0. The second kappa shape index (κ2) is 7.31. The zero-order valence-corrected chi connectivity index (χ0v) is 13.3. The van der Waals surface area contributed by atoms with Crippen molar-refractivity contribution in [1.29, 1.82) is 0 Å². The molecule has 2 heterocycles. The minimum Gasteiger partial charge on any atom is -0.508 e. The predicted molar refractivity (Wildman–Crippen MR) is 88.0 cm³/mol. The third-order valence-electron chi connectivity index (χ3n) is 4.50. The molecule has 0 radical (unpaired) electrons. The van der Waals surface area contributed by atoms with E-state index in [2.05, 4.69) is 4.98 Å². The number of hydrogen-bond acceptors (Lipinski definition) is 3. The summed E-state index contributed by atoms with van der Waals surface area (Å²) < 4.78 is 1.82. The molecule has 1 aliphatic heterocycles. The van der Waals surface area contributed by atoms with Crippen LogP contribution in [0.2, 0.25) is 0 Å². The van der Waals surface area contributed by atoms with E-state index in [1.54, 1.807) is 24.7 Å². The van der Waals surface area contributed by atoms with Crippen LogP contribution in [0.4, 0.5) is 0 Å².